The average molecular weight is 974 g/mol. The topological polar surface area (TPSA) is 9.72 Å². The van der Waals surface area contributed by atoms with Crippen LogP contribution in [0.15, 0.2) is 127 Å². The summed E-state index contributed by atoms with van der Waals surface area (Å²) in [5.74, 6) is 0. The molecule has 378 valence electrons. The summed E-state index contributed by atoms with van der Waals surface area (Å²) in [6.07, 6.45) is 4.58. The van der Waals surface area contributed by atoms with Gasteiger partial charge in [-0.15, -0.1) is 0 Å². The molecular formula is C70H80BN3. The Labute approximate surface area is 445 Å². The van der Waals surface area contributed by atoms with Crippen LogP contribution in [0.2, 0.25) is 0 Å². The SMILES string of the molecule is Cc1cc2c(cc1N1c3cc4c(cc3B3c5ccc(C(C)(C)C)cc5N(c5cc6c(cc5C)C(C)(C)CC6(C)C)c5cc(N(c6ccccc6)c6ccccc6)cc1c53)C(C)(C)CC4(C)C)C(C)(C)CCC2(C)C. The number of hydrogen-bond acceptors (Lipinski definition) is 3. The van der Waals surface area contributed by atoms with Gasteiger partial charge in [0.25, 0.3) is 6.71 Å². The third-order valence-corrected chi connectivity index (χ3v) is 19.0. The van der Waals surface area contributed by atoms with Gasteiger partial charge in [-0.25, -0.2) is 0 Å². The summed E-state index contributed by atoms with van der Waals surface area (Å²) in [6, 6.07) is 50.6. The minimum atomic E-state index is -0.0611. The van der Waals surface area contributed by atoms with Gasteiger partial charge in [0.1, 0.15) is 0 Å². The van der Waals surface area contributed by atoms with Gasteiger partial charge in [0, 0.05) is 45.5 Å². The number of aryl methyl sites for hydroxylation is 2. The van der Waals surface area contributed by atoms with Crippen molar-refractivity contribution in [1.82, 2.24) is 0 Å². The molecule has 0 saturated carbocycles. The Morgan fingerprint density at radius 1 is 0.392 bits per heavy atom. The fourth-order valence-corrected chi connectivity index (χ4v) is 15.5. The predicted molar refractivity (Wildman–Crippen MR) is 320 cm³/mol. The van der Waals surface area contributed by atoms with Gasteiger partial charge in [0.05, 0.1) is 5.69 Å². The van der Waals surface area contributed by atoms with E-state index in [1.807, 2.05) is 0 Å². The van der Waals surface area contributed by atoms with Gasteiger partial charge in [0.2, 0.25) is 0 Å². The maximum Gasteiger partial charge on any atom is 0.252 e. The minimum Gasteiger partial charge on any atom is -0.311 e. The van der Waals surface area contributed by atoms with E-state index in [1.165, 1.54) is 107 Å². The van der Waals surface area contributed by atoms with Crippen molar-refractivity contribution in [2.24, 2.45) is 0 Å². The molecule has 0 spiro atoms. The van der Waals surface area contributed by atoms with Gasteiger partial charge in [-0.3, -0.25) is 0 Å². The van der Waals surface area contributed by atoms with E-state index in [1.54, 1.807) is 0 Å². The van der Waals surface area contributed by atoms with Gasteiger partial charge < -0.3 is 14.7 Å². The molecule has 74 heavy (non-hydrogen) atoms. The third-order valence-electron chi connectivity index (χ3n) is 19.0. The van der Waals surface area contributed by atoms with E-state index in [2.05, 4.69) is 260 Å². The molecule has 4 heteroatoms. The molecule has 2 aliphatic heterocycles. The Balaban J connectivity index is 1.27. The molecule has 7 aromatic carbocycles. The van der Waals surface area contributed by atoms with Crippen LogP contribution in [0.4, 0.5) is 51.2 Å². The van der Waals surface area contributed by atoms with Gasteiger partial charge in [0.15, 0.2) is 0 Å². The normalized spacial score (nSPS) is 19.5. The van der Waals surface area contributed by atoms with Crippen molar-refractivity contribution in [3.05, 3.63) is 177 Å². The lowest BCUT2D eigenvalue weighted by molar-refractivity contribution is 0.332. The zero-order chi connectivity index (χ0) is 52.6. The molecule has 2 heterocycles. The molecule has 0 unspecified atom stereocenters. The van der Waals surface area contributed by atoms with Crippen LogP contribution in [0.25, 0.3) is 0 Å². The Morgan fingerprint density at radius 3 is 1.24 bits per heavy atom. The summed E-state index contributed by atoms with van der Waals surface area (Å²) in [5, 5.41) is 0. The van der Waals surface area contributed by atoms with E-state index in [9.17, 15) is 0 Å². The molecule has 0 bridgehead atoms. The highest BCUT2D eigenvalue weighted by molar-refractivity contribution is 7.00. The third kappa shape index (κ3) is 7.26. The van der Waals surface area contributed by atoms with Crippen LogP contribution in [0.3, 0.4) is 0 Å². The summed E-state index contributed by atoms with van der Waals surface area (Å²) >= 11 is 0. The van der Waals surface area contributed by atoms with Crippen LogP contribution in [0.5, 0.6) is 0 Å². The van der Waals surface area contributed by atoms with Crippen molar-refractivity contribution in [2.45, 2.75) is 181 Å². The first-order chi connectivity index (χ1) is 34.6. The Bertz CT molecular complexity index is 3430. The lowest BCUT2D eigenvalue weighted by Gasteiger charge is -2.47. The van der Waals surface area contributed by atoms with Crippen LogP contribution < -0.4 is 31.1 Å². The second-order valence-corrected chi connectivity index (χ2v) is 28.5. The molecule has 3 nitrogen and oxygen atoms in total. The maximum absolute atomic E-state index is 2.76. The van der Waals surface area contributed by atoms with Crippen LogP contribution >= 0.6 is 0 Å². The van der Waals surface area contributed by atoms with Crippen molar-refractivity contribution in [3.63, 3.8) is 0 Å². The number of para-hydroxylation sites is 2. The number of fused-ring (bicyclic) bond motifs is 7. The highest BCUT2D eigenvalue weighted by Crippen LogP contribution is 2.57. The fourth-order valence-electron chi connectivity index (χ4n) is 15.5. The van der Waals surface area contributed by atoms with Crippen molar-refractivity contribution in [3.8, 4) is 0 Å². The van der Waals surface area contributed by atoms with E-state index in [4.69, 9.17) is 0 Å². The number of anilines is 9. The molecule has 0 atom stereocenters. The van der Waals surface area contributed by atoms with Crippen molar-refractivity contribution < 1.29 is 0 Å². The molecule has 0 saturated heterocycles. The first-order valence-electron chi connectivity index (χ1n) is 27.9. The lowest BCUT2D eigenvalue weighted by atomic mass is 9.33. The summed E-state index contributed by atoms with van der Waals surface area (Å²) in [5.41, 5.74) is 28.4. The van der Waals surface area contributed by atoms with Gasteiger partial charge in [-0.1, -0.05) is 171 Å². The Kier molecular flexibility index (Phi) is 10.4. The van der Waals surface area contributed by atoms with Crippen LogP contribution in [0.1, 0.15) is 180 Å². The molecule has 0 fully saturated rings. The maximum atomic E-state index is 2.76. The first kappa shape index (κ1) is 48.9. The summed E-state index contributed by atoms with van der Waals surface area (Å²) in [4.78, 5) is 7.98. The molecule has 0 amide bonds. The predicted octanol–water partition coefficient (Wildman–Crippen LogP) is 17.4. The van der Waals surface area contributed by atoms with E-state index in [-0.39, 0.29) is 44.6 Å². The second kappa shape index (κ2) is 15.8. The number of rotatable bonds is 5. The van der Waals surface area contributed by atoms with Gasteiger partial charge >= 0.3 is 0 Å². The lowest BCUT2D eigenvalue weighted by Crippen LogP contribution is -2.61. The zero-order valence-electron chi connectivity index (χ0n) is 47.9. The van der Waals surface area contributed by atoms with Crippen LogP contribution in [-0.4, -0.2) is 6.71 Å². The molecular weight excluding hydrogens is 894 g/mol. The monoisotopic (exact) mass is 974 g/mol. The quantitative estimate of drug-likeness (QED) is 0.159. The van der Waals surface area contributed by atoms with Gasteiger partial charge in [-0.2, -0.15) is 0 Å². The molecule has 5 aliphatic rings. The van der Waals surface area contributed by atoms with E-state index in [0.717, 1.165) is 36.3 Å². The molecule has 0 radical (unpaired) electrons. The largest absolute Gasteiger partial charge is 0.311 e. The summed E-state index contributed by atoms with van der Waals surface area (Å²) in [7, 11) is 0. The molecule has 12 rings (SSSR count). The van der Waals surface area contributed by atoms with Crippen molar-refractivity contribution >= 4 is 74.3 Å². The highest BCUT2D eigenvalue weighted by atomic mass is 15.2. The first-order valence-corrected chi connectivity index (χ1v) is 27.9. The summed E-state index contributed by atoms with van der Waals surface area (Å²) in [6.45, 7) is 41.6. The molecule has 0 aromatic heterocycles. The van der Waals surface area contributed by atoms with E-state index in [0.29, 0.717) is 0 Å². The number of benzene rings is 7. The van der Waals surface area contributed by atoms with Crippen molar-refractivity contribution in [1.29, 1.82) is 0 Å². The average Bonchev–Trinajstić information content (AvgIpc) is 3.68. The zero-order valence-corrected chi connectivity index (χ0v) is 47.9. The second-order valence-electron chi connectivity index (χ2n) is 28.5. The van der Waals surface area contributed by atoms with Crippen molar-refractivity contribution in [2.75, 3.05) is 14.7 Å². The Hall–Kier alpha value is -6.00. The summed E-state index contributed by atoms with van der Waals surface area (Å²) < 4.78 is 0. The van der Waals surface area contributed by atoms with E-state index >= 15 is 0 Å². The molecule has 0 N–H and O–H groups in total. The number of nitrogens with zero attached hydrogens (tertiary/aromatic N) is 3. The molecule has 7 aromatic rings. The standard InChI is InChI=1S/C70H80BN3/c1-43-32-49-52(66(8,9)31-30-65(49,6)7)38-57(43)74-60-40-54-51(68(12,13)42-70(54,16)17)37-56(60)71-55-29-28-45(64(3,4)5)34-59(55)73(58-39-53-50(33-44(58)2)67(10,11)41-69(53,14)15)61-35-48(36-62(74)63(61)71)72(46-24-20-18-21-25-46)47-26-22-19-23-27-47/h18-29,32-40H,30-31,41-42H2,1-17H3. The smallest absolute Gasteiger partial charge is 0.252 e. The highest BCUT2D eigenvalue weighted by Gasteiger charge is 2.50. The number of hydrogen-bond donors (Lipinski definition) is 0. The fraction of sp³-hybridized carbons (Fsp3) is 0.400. The molecule has 3 aliphatic carbocycles. The van der Waals surface area contributed by atoms with Gasteiger partial charge in [-0.05, 0) is 205 Å². The van der Waals surface area contributed by atoms with Crippen LogP contribution in [0, 0.1) is 13.8 Å². The van der Waals surface area contributed by atoms with Crippen LogP contribution in [-0.2, 0) is 37.9 Å². The minimum absolute atomic E-state index is 0.00861. The Morgan fingerprint density at radius 2 is 0.784 bits per heavy atom. The van der Waals surface area contributed by atoms with E-state index < -0.39 is 0 Å².